The van der Waals surface area contributed by atoms with Gasteiger partial charge in [0, 0.05) is 35.2 Å². The van der Waals surface area contributed by atoms with Gasteiger partial charge in [-0.15, -0.1) is 0 Å². The zero-order chi connectivity index (χ0) is 19.8. The summed E-state index contributed by atoms with van der Waals surface area (Å²) in [6.07, 6.45) is 8.46. The van der Waals surface area contributed by atoms with E-state index in [0.717, 1.165) is 39.5 Å². The zero-order valence-corrected chi connectivity index (χ0v) is 16.8. The summed E-state index contributed by atoms with van der Waals surface area (Å²) in [5.74, 6) is 3.42. The average molecular weight is 409 g/mol. The Bertz CT molecular complexity index is 1020. The molecule has 0 spiro atoms. The Morgan fingerprint density at radius 2 is 2.14 bits per heavy atom. The Labute approximate surface area is 172 Å². The van der Waals surface area contributed by atoms with Crippen molar-refractivity contribution in [3.8, 4) is 0 Å². The molecule has 3 aliphatic rings. The van der Waals surface area contributed by atoms with E-state index in [2.05, 4.69) is 42.4 Å². The van der Waals surface area contributed by atoms with Crippen molar-refractivity contribution in [2.45, 2.75) is 30.6 Å². The number of hydrogen-bond acceptors (Lipinski definition) is 6. The number of fused-ring (bicyclic) bond motifs is 1. The number of rotatable bonds is 6. The second-order valence-corrected chi connectivity index (χ2v) is 8.45. The Morgan fingerprint density at radius 3 is 2.90 bits per heavy atom. The second-order valence-electron chi connectivity index (χ2n) is 7.33. The summed E-state index contributed by atoms with van der Waals surface area (Å²) in [5.41, 5.74) is 2.00. The van der Waals surface area contributed by atoms with Crippen LogP contribution in [0.1, 0.15) is 31.4 Å². The highest BCUT2D eigenvalue weighted by Gasteiger charge is 2.32. The third-order valence-corrected chi connectivity index (χ3v) is 5.88. The Morgan fingerprint density at radius 1 is 1.31 bits per heavy atom. The van der Waals surface area contributed by atoms with E-state index in [1.807, 2.05) is 36.7 Å². The number of anilines is 2. The molecule has 5 rings (SSSR count). The molecule has 0 saturated heterocycles. The van der Waals surface area contributed by atoms with Gasteiger partial charge in [-0.1, -0.05) is 0 Å². The normalized spacial score (nSPS) is 20.2. The van der Waals surface area contributed by atoms with Crippen LogP contribution in [-0.4, -0.2) is 32.8 Å². The molecule has 9 heteroatoms. The number of benzene rings is 1. The lowest BCUT2D eigenvalue weighted by atomic mass is 10.3. The fourth-order valence-corrected chi connectivity index (χ4v) is 4.26. The van der Waals surface area contributed by atoms with Gasteiger partial charge in [-0.3, -0.25) is 19.5 Å². The molecule has 1 unspecified atom stereocenters. The maximum atomic E-state index is 11.2. The van der Waals surface area contributed by atoms with Crippen molar-refractivity contribution in [3.05, 3.63) is 60.4 Å². The number of H-pyrrole nitrogens is 1. The largest absolute Gasteiger partial charge is 0.326 e. The number of amidine groups is 1. The van der Waals surface area contributed by atoms with Crippen molar-refractivity contribution in [2.24, 2.45) is 4.99 Å². The topological polar surface area (TPSA) is 89.9 Å². The summed E-state index contributed by atoms with van der Waals surface area (Å²) >= 11 is 1.63. The minimum atomic E-state index is -0.0712. The van der Waals surface area contributed by atoms with E-state index in [9.17, 15) is 4.79 Å². The molecule has 0 bridgehead atoms. The van der Waals surface area contributed by atoms with Crippen LogP contribution in [-0.2, 0) is 4.79 Å². The number of nitrogens with zero attached hydrogens (tertiary/aromatic N) is 3. The van der Waals surface area contributed by atoms with Crippen molar-refractivity contribution >= 4 is 35.2 Å². The van der Waals surface area contributed by atoms with Gasteiger partial charge < -0.3 is 5.32 Å². The Balaban J connectivity index is 1.32. The molecule has 148 valence electrons. The molecule has 8 nitrogen and oxygen atoms in total. The first-order chi connectivity index (χ1) is 14.1. The van der Waals surface area contributed by atoms with E-state index in [0.29, 0.717) is 5.92 Å². The maximum Gasteiger partial charge on any atom is 0.233 e. The van der Waals surface area contributed by atoms with Gasteiger partial charge >= 0.3 is 0 Å². The first-order valence-electron chi connectivity index (χ1n) is 9.61. The van der Waals surface area contributed by atoms with Gasteiger partial charge in [-0.2, -0.15) is 5.10 Å². The highest BCUT2D eigenvalue weighted by Crippen LogP contribution is 2.39. The maximum absolute atomic E-state index is 11.2. The molecule has 2 aromatic rings. The zero-order valence-electron chi connectivity index (χ0n) is 16.0. The number of carbonyl (C=O) groups is 1. The summed E-state index contributed by atoms with van der Waals surface area (Å²) < 4.78 is 2.15. The fraction of sp³-hybridized carbons (Fsp3) is 0.250. The van der Waals surface area contributed by atoms with Crippen LogP contribution in [0.2, 0.25) is 0 Å². The third kappa shape index (κ3) is 4.06. The molecule has 1 aromatic carbocycles. The van der Waals surface area contributed by atoms with E-state index >= 15 is 0 Å². The van der Waals surface area contributed by atoms with Crippen LogP contribution in [0.5, 0.6) is 0 Å². The molecule has 1 atom stereocenters. The predicted octanol–water partition coefficient (Wildman–Crippen LogP) is 2.25. The van der Waals surface area contributed by atoms with Crippen LogP contribution in [0.3, 0.4) is 0 Å². The SMILES string of the molecule is CC(=O)Nc1ccc(SN2C=C(Nc3cc(C4CC4)[nH]n3)[NH+]3C=CN=C3C2)cc1. The standard InChI is InChI=1S/C20H21N7OS/c1-13(28)22-15-4-6-16(7-5-15)29-26-11-19-21-8-9-27(19)20(12-26)23-18-10-17(24-25-18)14-2-3-14/h4-10,12,14H,2-3,11H2,1H3,(H,22,28)(H2,23,24,25)/p+1. The second kappa shape index (κ2) is 7.41. The van der Waals surface area contributed by atoms with Gasteiger partial charge in [0.05, 0.1) is 12.4 Å². The highest BCUT2D eigenvalue weighted by atomic mass is 32.2. The lowest BCUT2D eigenvalue weighted by Gasteiger charge is -2.27. The van der Waals surface area contributed by atoms with E-state index in [1.54, 1.807) is 11.9 Å². The van der Waals surface area contributed by atoms with E-state index < -0.39 is 0 Å². The summed E-state index contributed by atoms with van der Waals surface area (Å²) in [4.78, 5) is 17.9. The summed E-state index contributed by atoms with van der Waals surface area (Å²) in [7, 11) is 0. The molecule has 1 aliphatic carbocycles. The molecule has 2 aliphatic heterocycles. The molecule has 1 fully saturated rings. The molecular weight excluding hydrogens is 386 g/mol. The lowest BCUT2D eigenvalue weighted by Crippen LogP contribution is -3.10. The molecule has 3 heterocycles. The van der Waals surface area contributed by atoms with E-state index in [-0.39, 0.29) is 5.91 Å². The number of aliphatic imine (C=N–C) groups is 1. The van der Waals surface area contributed by atoms with Crippen LogP contribution in [0.25, 0.3) is 0 Å². The molecule has 4 N–H and O–H groups in total. The van der Waals surface area contributed by atoms with Gasteiger partial charge in [-0.25, -0.2) is 9.89 Å². The van der Waals surface area contributed by atoms with Crippen LogP contribution in [0.4, 0.5) is 11.5 Å². The molecular formula is C20H22N7OS+. The van der Waals surface area contributed by atoms with Gasteiger partial charge in [0.1, 0.15) is 12.7 Å². The Hall–Kier alpha value is -3.04. The number of quaternary nitrogens is 1. The number of hydrogen-bond donors (Lipinski definition) is 4. The smallest absolute Gasteiger partial charge is 0.233 e. The minimum absolute atomic E-state index is 0.0712. The van der Waals surface area contributed by atoms with Gasteiger partial charge in [0.25, 0.3) is 0 Å². The predicted molar refractivity (Wildman–Crippen MR) is 113 cm³/mol. The summed E-state index contributed by atoms with van der Waals surface area (Å²) in [5, 5.41) is 13.8. The number of amides is 1. The van der Waals surface area contributed by atoms with Gasteiger partial charge in [0.15, 0.2) is 5.82 Å². The molecule has 29 heavy (non-hydrogen) atoms. The number of aromatic nitrogens is 2. The van der Waals surface area contributed by atoms with E-state index in [1.165, 1.54) is 25.5 Å². The van der Waals surface area contributed by atoms with Crippen LogP contribution in [0, 0.1) is 0 Å². The van der Waals surface area contributed by atoms with Crippen molar-refractivity contribution < 1.29 is 9.69 Å². The minimum Gasteiger partial charge on any atom is -0.326 e. The summed E-state index contributed by atoms with van der Waals surface area (Å²) in [6, 6.07) is 9.92. The number of carbonyl (C=O) groups excluding carboxylic acids is 1. The fourth-order valence-electron chi connectivity index (χ4n) is 3.38. The molecule has 1 saturated carbocycles. The van der Waals surface area contributed by atoms with Crippen LogP contribution >= 0.6 is 11.9 Å². The van der Waals surface area contributed by atoms with Crippen LogP contribution < -0.4 is 15.5 Å². The van der Waals surface area contributed by atoms with Crippen molar-refractivity contribution in [3.63, 3.8) is 0 Å². The monoisotopic (exact) mass is 408 g/mol. The Kier molecular flexibility index (Phi) is 4.61. The number of aromatic amines is 1. The third-order valence-electron chi connectivity index (χ3n) is 4.93. The van der Waals surface area contributed by atoms with E-state index in [4.69, 9.17) is 0 Å². The van der Waals surface area contributed by atoms with Crippen LogP contribution in [0.15, 0.2) is 64.6 Å². The molecule has 0 radical (unpaired) electrons. The summed E-state index contributed by atoms with van der Waals surface area (Å²) in [6.45, 7) is 2.23. The van der Waals surface area contributed by atoms with Gasteiger partial charge in [-0.05, 0) is 49.1 Å². The molecule has 1 aromatic heterocycles. The number of nitrogens with one attached hydrogen (secondary N) is 4. The quantitative estimate of drug-likeness (QED) is 0.551. The first-order valence-corrected chi connectivity index (χ1v) is 10.4. The van der Waals surface area contributed by atoms with Crippen molar-refractivity contribution in [1.82, 2.24) is 14.5 Å². The van der Waals surface area contributed by atoms with Crippen molar-refractivity contribution in [2.75, 3.05) is 17.2 Å². The van der Waals surface area contributed by atoms with Crippen molar-refractivity contribution in [1.29, 1.82) is 0 Å². The first kappa shape index (κ1) is 18.0. The lowest BCUT2D eigenvalue weighted by molar-refractivity contribution is -0.699. The highest BCUT2D eigenvalue weighted by molar-refractivity contribution is 7.97. The van der Waals surface area contributed by atoms with Gasteiger partial charge in [0.2, 0.25) is 17.6 Å². The average Bonchev–Trinajstić information content (AvgIpc) is 3.25. The molecule has 1 amide bonds.